The average molecular weight is 835 g/mol. The van der Waals surface area contributed by atoms with E-state index < -0.39 is 0 Å². The van der Waals surface area contributed by atoms with Crippen molar-refractivity contribution in [2.75, 3.05) is 15.5 Å². The molecule has 4 heteroatoms. The molecule has 1 aromatic heterocycles. The number of hydrogen-bond donors (Lipinski definition) is 1. The lowest BCUT2D eigenvalue weighted by Crippen LogP contribution is -2.18. The van der Waals surface area contributed by atoms with E-state index in [-0.39, 0.29) is 5.41 Å². The lowest BCUT2D eigenvalue weighted by Gasteiger charge is -2.35. The highest BCUT2D eigenvalue weighted by molar-refractivity contribution is 6.25. The first-order valence-electron chi connectivity index (χ1n) is 22.6. The molecule has 0 aliphatic heterocycles. The molecule has 65 heavy (non-hydrogen) atoms. The molecule has 1 heterocycles. The number of nitrogen functional groups attached to an aromatic ring is 1. The Morgan fingerprint density at radius 1 is 0.569 bits per heavy atom. The van der Waals surface area contributed by atoms with E-state index in [0.29, 0.717) is 5.69 Å². The van der Waals surface area contributed by atoms with Crippen LogP contribution in [0.2, 0.25) is 0 Å². The summed E-state index contributed by atoms with van der Waals surface area (Å²) in [7, 11) is 0. The second-order valence-electron chi connectivity index (χ2n) is 17.8. The van der Waals surface area contributed by atoms with Gasteiger partial charge < -0.3 is 15.5 Å². The smallest absolute Gasteiger partial charge is 0.0703 e. The number of anilines is 7. The summed E-state index contributed by atoms with van der Waals surface area (Å²) in [5.41, 5.74) is 23.3. The lowest BCUT2D eigenvalue weighted by molar-refractivity contribution is 0.661. The summed E-state index contributed by atoms with van der Waals surface area (Å²) < 4.78 is 0. The topological polar surface area (TPSA) is 45.4 Å². The Morgan fingerprint density at radius 3 is 2.09 bits per heavy atom. The molecule has 12 rings (SSSR count). The van der Waals surface area contributed by atoms with E-state index >= 15 is 0 Å². The first-order valence-corrected chi connectivity index (χ1v) is 22.6. The van der Waals surface area contributed by atoms with Crippen molar-refractivity contribution in [3.8, 4) is 23.0 Å². The monoisotopic (exact) mass is 834 g/mol. The van der Waals surface area contributed by atoms with Gasteiger partial charge in [-0.25, -0.2) is 0 Å². The third-order valence-electron chi connectivity index (χ3n) is 13.8. The maximum Gasteiger partial charge on any atom is 0.0703 e. The van der Waals surface area contributed by atoms with E-state index in [2.05, 4.69) is 205 Å². The van der Waals surface area contributed by atoms with Gasteiger partial charge in [0.2, 0.25) is 0 Å². The number of aromatic nitrogens is 1. The lowest BCUT2D eigenvalue weighted by atomic mass is 9.81. The molecule has 0 atom stereocenters. The van der Waals surface area contributed by atoms with Gasteiger partial charge in [-0.15, -0.1) is 5.92 Å². The zero-order chi connectivity index (χ0) is 43.8. The minimum Gasteiger partial charge on any atom is -0.398 e. The number of hydrogen-bond acceptors (Lipinski definition) is 4. The van der Waals surface area contributed by atoms with Crippen LogP contribution in [0, 0.1) is 11.8 Å². The molecular weight excluding hydrogens is 789 g/mol. The number of nitrogens with zero attached hydrogens (tertiary/aromatic N) is 3. The van der Waals surface area contributed by atoms with Gasteiger partial charge in [-0.05, 0) is 125 Å². The Labute approximate surface area is 379 Å². The maximum absolute atomic E-state index is 6.67. The van der Waals surface area contributed by atoms with Crippen molar-refractivity contribution in [3.05, 3.63) is 210 Å². The zero-order valence-electron chi connectivity index (χ0n) is 36.7. The van der Waals surface area contributed by atoms with Gasteiger partial charge in [0.05, 0.1) is 22.6 Å². The van der Waals surface area contributed by atoms with Gasteiger partial charge in [-0.3, -0.25) is 4.98 Å². The highest BCUT2D eigenvalue weighted by Gasteiger charge is 2.37. The Hall–Kier alpha value is -8.13. The van der Waals surface area contributed by atoms with Crippen LogP contribution < -0.4 is 15.5 Å². The Balaban J connectivity index is 1.28. The van der Waals surface area contributed by atoms with Gasteiger partial charge in [-0.2, -0.15) is 0 Å². The molecule has 0 amide bonds. The van der Waals surface area contributed by atoms with Crippen molar-refractivity contribution in [1.82, 2.24) is 4.98 Å². The quantitative estimate of drug-likeness (QED) is 0.0784. The van der Waals surface area contributed by atoms with Crippen LogP contribution in [-0.4, -0.2) is 4.98 Å². The van der Waals surface area contributed by atoms with Gasteiger partial charge in [0.1, 0.15) is 0 Å². The summed E-state index contributed by atoms with van der Waals surface area (Å²) in [4.78, 5) is 9.78. The first-order chi connectivity index (χ1) is 31.9. The molecule has 2 aliphatic carbocycles. The van der Waals surface area contributed by atoms with Crippen LogP contribution in [0.4, 0.5) is 39.8 Å². The molecule has 310 valence electrons. The third kappa shape index (κ3) is 6.04. The summed E-state index contributed by atoms with van der Waals surface area (Å²) in [5, 5.41) is 8.01. The molecule has 10 aromatic rings. The van der Waals surface area contributed by atoms with Crippen LogP contribution in [0.1, 0.15) is 55.0 Å². The highest BCUT2D eigenvalue weighted by Crippen LogP contribution is 2.57. The predicted molar refractivity (Wildman–Crippen MR) is 276 cm³/mol. The van der Waals surface area contributed by atoms with Crippen LogP contribution >= 0.6 is 0 Å². The summed E-state index contributed by atoms with van der Waals surface area (Å²) in [6.07, 6.45) is 8.41. The standard InChI is InChI=1S/C61H46N4/c1-4-16-41-35-43(30-32-55(41)62)64(57-28-13-19-39-17-5-7-22-45(39)57)60-49-26-10-9-25-48(49)59(51-37-50-47-24-11-12-27-53(47)61(2,3)54(50)38-52(51)60)65(44-31-33-56-42(36-44)21-15-34-63-56)58-29-14-20-40-18-6-8-23-46(40)58/h5-7,9-15,17-22,24-38H,8,23,62H2,1-3H3. The summed E-state index contributed by atoms with van der Waals surface area (Å²) in [5.74, 6) is 6.45. The second kappa shape index (κ2) is 15.0. The van der Waals surface area contributed by atoms with E-state index in [0.717, 1.165) is 84.7 Å². The SMILES string of the molecule is CC#Cc1cc(N(c2cccc3ccccc23)c2c3ccccc3c(N(c3ccc4ncccc4c3)c3cccc4c3CCC=C4)c3cc4c(cc23)C(C)(C)c2ccccc2-4)ccc1N. The molecule has 2 N–H and O–H groups in total. The minimum absolute atomic E-state index is 0.242. The van der Waals surface area contributed by atoms with Crippen molar-refractivity contribution >= 4 is 89.1 Å². The Kier molecular flexibility index (Phi) is 8.90. The molecule has 0 fully saturated rings. The summed E-state index contributed by atoms with van der Waals surface area (Å²) in [6.45, 7) is 6.62. The number of benzene rings is 9. The minimum atomic E-state index is -0.242. The molecule has 2 aliphatic rings. The average Bonchev–Trinajstić information content (AvgIpc) is 3.57. The molecule has 0 unspecified atom stereocenters. The van der Waals surface area contributed by atoms with Crippen LogP contribution in [0.3, 0.4) is 0 Å². The van der Waals surface area contributed by atoms with E-state index in [9.17, 15) is 0 Å². The molecule has 9 aromatic carbocycles. The molecular formula is C61H46N4. The van der Waals surface area contributed by atoms with Crippen molar-refractivity contribution in [1.29, 1.82) is 0 Å². The fraction of sp³-hybridized carbons (Fsp3) is 0.0984. The maximum atomic E-state index is 6.67. The largest absolute Gasteiger partial charge is 0.398 e. The fourth-order valence-electron chi connectivity index (χ4n) is 10.8. The fourth-order valence-corrected chi connectivity index (χ4v) is 10.8. The van der Waals surface area contributed by atoms with E-state index in [1.807, 2.05) is 25.3 Å². The number of fused-ring (bicyclic) bond motifs is 8. The van der Waals surface area contributed by atoms with Crippen LogP contribution in [0.5, 0.6) is 0 Å². The van der Waals surface area contributed by atoms with Gasteiger partial charge in [0.25, 0.3) is 0 Å². The zero-order valence-corrected chi connectivity index (χ0v) is 36.7. The molecule has 0 spiro atoms. The van der Waals surface area contributed by atoms with Gasteiger partial charge in [0.15, 0.2) is 0 Å². The summed E-state index contributed by atoms with van der Waals surface area (Å²) >= 11 is 0. The van der Waals surface area contributed by atoms with Crippen LogP contribution in [-0.2, 0) is 11.8 Å². The van der Waals surface area contributed by atoms with E-state index in [4.69, 9.17) is 10.7 Å². The van der Waals surface area contributed by atoms with Crippen molar-refractivity contribution < 1.29 is 0 Å². The second-order valence-corrected chi connectivity index (χ2v) is 17.8. The first kappa shape index (κ1) is 38.5. The predicted octanol–water partition coefficient (Wildman–Crippen LogP) is 15.9. The molecule has 0 bridgehead atoms. The number of rotatable bonds is 6. The van der Waals surface area contributed by atoms with Gasteiger partial charge in [0, 0.05) is 72.2 Å². The highest BCUT2D eigenvalue weighted by atomic mass is 15.2. The Bertz CT molecular complexity index is 3690. The number of allylic oxidation sites excluding steroid dienone is 1. The van der Waals surface area contributed by atoms with Crippen molar-refractivity contribution in [3.63, 3.8) is 0 Å². The van der Waals surface area contributed by atoms with Crippen LogP contribution in [0.25, 0.3) is 60.4 Å². The third-order valence-corrected chi connectivity index (χ3v) is 13.8. The normalized spacial score (nSPS) is 13.3. The van der Waals surface area contributed by atoms with Crippen molar-refractivity contribution in [2.24, 2.45) is 0 Å². The molecule has 0 radical (unpaired) electrons. The van der Waals surface area contributed by atoms with Crippen molar-refractivity contribution in [2.45, 2.75) is 39.0 Å². The van der Waals surface area contributed by atoms with Crippen LogP contribution in [0.15, 0.2) is 182 Å². The van der Waals surface area contributed by atoms with E-state index in [1.165, 1.54) is 44.5 Å². The number of pyridine rings is 1. The molecule has 0 saturated carbocycles. The van der Waals surface area contributed by atoms with E-state index in [1.54, 1.807) is 0 Å². The Morgan fingerprint density at radius 2 is 1.25 bits per heavy atom. The van der Waals surface area contributed by atoms with Gasteiger partial charge in [-0.1, -0.05) is 135 Å². The summed E-state index contributed by atoms with van der Waals surface area (Å²) in [6, 6.07) is 62.4. The molecule has 4 nitrogen and oxygen atoms in total. The number of nitrogens with two attached hydrogens (primary N) is 1. The molecule has 0 saturated heterocycles. The van der Waals surface area contributed by atoms with Gasteiger partial charge >= 0.3 is 0 Å².